The van der Waals surface area contributed by atoms with Gasteiger partial charge in [0.1, 0.15) is 5.82 Å². The Morgan fingerprint density at radius 3 is 2.86 bits per heavy atom. The molecule has 1 aliphatic heterocycles. The number of nitriles is 1. The minimum atomic E-state index is -0.840. The number of nitrogens with zero attached hydrogens (tertiary/aromatic N) is 2. The van der Waals surface area contributed by atoms with Crippen molar-refractivity contribution in [3.05, 3.63) is 58.4 Å². The molecule has 3 rings (SSSR count). The van der Waals surface area contributed by atoms with Crippen LogP contribution in [0.5, 0.6) is 0 Å². The molecule has 0 saturated carbocycles. The molecule has 6 heteroatoms. The van der Waals surface area contributed by atoms with Gasteiger partial charge >= 0.3 is 5.97 Å². The lowest BCUT2D eigenvalue weighted by Gasteiger charge is -2.17. The zero-order chi connectivity index (χ0) is 20.3. The fourth-order valence-electron chi connectivity index (χ4n) is 3.61. The molecule has 0 amide bonds. The smallest absolute Gasteiger partial charge is 0.317 e. The normalized spacial score (nSPS) is 15.5. The predicted molar refractivity (Wildman–Crippen MR) is 103 cm³/mol. The summed E-state index contributed by atoms with van der Waals surface area (Å²) in [6, 6.07) is 11.0. The summed E-state index contributed by atoms with van der Waals surface area (Å²) in [5, 5.41) is 18.4. The van der Waals surface area contributed by atoms with Crippen molar-refractivity contribution >= 4 is 5.97 Å². The topological polar surface area (TPSA) is 73.6 Å². The molecule has 146 valence electrons. The number of ether oxygens (including phenoxy) is 1. The lowest BCUT2D eigenvalue weighted by atomic mass is 9.91. The van der Waals surface area contributed by atoms with E-state index < -0.39 is 5.97 Å². The summed E-state index contributed by atoms with van der Waals surface area (Å²) in [4.78, 5) is 12.5. The van der Waals surface area contributed by atoms with Gasteiger partial charge in [0.15, 0.2) is 0 Å². The summed E-state index contributed by atoms with van der Waals surface area (Å²) >= 11 is 0. The Kier molecular flexibility index (Phi) is 6.08. The molecule has 2 aromatic rings. The van der Waals surface area contributed by atoms with Gasteiger partial charge in [0.2, 0.25) is 0 Å². The first-order chi connectivity index (χ1) is 13.4. The van der Waals surface area contributed by atoms with E-state index in [0.29, 0.717) is 24.3 Å². The summed E-state index contributed by atoms with van der Waals surface area (Å²) in [7, 11) is 1.78. The molecule has 0 spiro atoms. The highest BCUT2D eigenvalue weighted by molar-refractivity contribution is 5.73. The van der Waals surface area contributed by atoms with Gasteiger partial charge in [0.05, 0.1) is 30.9 Å². The number of halogens is 1. The molecule has 1 heterocycles. The van der Waals surface area contributed by atoms with Crippen LogP contribution >= 0.6 is 0 Å². The molecule has 1 atom stereocenters. The number of benzene rings is 2. The van der Waals surface area contributed by atoms with Crippen LogP contribution in [-0.2, 0) is 16.1 Å². The number of rotatable bonds is 7. The number of carboxylic acids is 1. The molecule has 2 aromatic carbocycles. The fourth-order valence-corrected chi connectivity index (χ4v) is 3.61. The molecule has 28 heavy (non-hydrogen) atoms. The minimum absolute atomic E-state index is 0.0156. The van der Waals surface area contributed by atoms with Gasteiger partial charge in [-0.2, -0.15) is 5.26 Å². The molecule has 0 aliphatic carbocycles. The van der Waals surface area contributed by atoms with E-state index in [2.05, 4.69) is 6.07 Å². The SMILES string of the molecule is Cc1cc(-c2cc3c(cc2C#N)COC3CCCN(C)CC(=O)O)ccc1F. The highest BCUT2D eigenvalue weighted by Crippen LogP contribution is 2.38. The number of likely N-dealkylation sites (N-methyl/N-ethyl adjacent to an activating group) is 1. The van der Waals surface area contributed by atoms with Crippen LogP contribution in [0.3, 0.4) is 0 Å². The number of carbonyl (C=O) groups is 1. The summed E-state index contributed by atoms with van der Waals surface area (Å²) in [6.07, 6.45) is 1.49. The Bertz CT molecular complexity index is 936. The number of fused-ring (bicyclic) bond motifs is 1. The summed E-state index contributed by atoms with van der Waals surface area (Å²) in [5.41, 5.74) is 4.74. The zero-order valence-corrected chi connectivity index (χ0v) is 16.0. The fraction of sp³-hybridized carbons (Fsp3) is 0.364. The first kappa shape index (κ1) is 20.0. The van der Waals surface area contributed by atoms with Crippen molar-refractivity contribution in [2.24, 2.45) is 0 Å². The standard InChI is InChI=1S/C22H23FN2O3/c1-14-8-15(5-6-20(14)23)18-10-19-17(9-16(18)11-24)13-28-21(19)4-3-7-25(2)12-22(26)27/h5-6,8-10,21H,3-4,7,12-13H2,1-2H3,(H,26,27). The summed E-state index contributed by atoms with van der Waals surface area (Å²) in [6.45, 7) is 2.85. The maximum Gasteiger partial charge on any atom is 0.317 e. The predicted octanol–water partition coefficient (Wildman–Crippen LogP) is 4.04. The van der Waals surface area contributed by atoms with E-state index in [1.54, 1.807) is 31.0 Å². The number of hydrogen-bond donors (Lipinski definition) is 1. The Balaban J connectivity index is 1.80. The second kappa shape index (κ2) is 8.51. The first-order valence-corrected chi connectivity index (χ1v) is 9.24. The lowest BCUT2D eigenvalue weighted by molar-refractivity contribution is -0.138. The molecular formula is C22H23FN2O3. The monoisotopic (exact) mass is 382 g/mol. The van der Waals surface area contributed by atoms with E-state index in [9.17, 15) is 14.4 Å². The van der Waals surface area contributed by atoms with Crippen molar-refractivity contribution in [2.45, 2.75) is 32.5 Å². The molecule has 1 N–H and O–H groups in total. The third-order valence-corrected chi connectivity index (χ3v) is 5.07. The van der Waals surface area contributed by atoms with Crippen molar-refractivity contribution < 1.29 is 19.0 Å². The van der Waals surface area contributed by atoms with Crippen LogP contribution in [0, 0.1) is 24.1 Å². The van der Waals surface area contributed by atoms with E-state index in [4.69, 9.17) is 9.84 Å². The molecule has 1 unspecified atom stereocenters. The van der Waals surface area contributed by atoms with Crippen LogP contribution < -0.4 is 0 Å². The molecule has 0 radical (unpaired) electrons. The summed E-state index contributed by atoms with van der Waals surface area (Å²) in [5.74, 6) is -1.11. The Labute approximate surface area is 164 Å². The molecule has 0 aromatic heterocycles. The van der Waals surface area contributed by atoms with Crippen molar-refractivity contribution in [3.8, 4) is 17.2 Å². The molecule has 1 aliphatic rings. The van der Waals surface area contributed by atoms with Crippen LogP contribution in [0.4, 0.5) is 4.39 Å². The molecule has 5 nitrogen and oxygen atoms in total. The van der Waals surface area contributed by atoms with Crippen LogP contribution in [-0.4, -0.2) is 36.1 Å². The van der Waals surface area contributed by atoms with Crippen LogP contribution in [0.15, 0.2) is 30.3 Å². The number of hydrogen-bond acceptors (Lipinski definition) is 4. The zero-order valence-electron chi connectivity index (χ0n) is 16.0. The summed E-state index contributed by atoms with van der Waals surface area (Å²) < 4.78 is 19.6. The van der Waals surface area contributed by atoms with Crippen LogP contribution in [0.25, 0.3) is 11.1 Å². The van der Waals surface area contributed by atoms with Crippen LogP contribution in [0.1, 0.15) is 41.2 Å². The first-order valence-electron chi connectivity index (χ1n) is 9.24. The third-order valence-electron chi connectivity index (χ3n) is 5.07. The van der Waals surface area contributed by atoms with Crippen molar-refractivity contribution in [3.63, 3.8) is 0 Å². The molecule has 0 fully saturated rings. The van der Waals surface area contributed by atoms with Gasteiger partial charge in [-0.1, -0.05) is 6.07 Å². The largest absolute Gasteiger partial charge is 0.480 e. The Morgan fingerprint density at radius 1 is 1.39 bits per heavy atom. The average molecular weight is 382 g/mol. The number of carboxylic acid groups (broad SMARTS) is 1. The minimum Gasteiger partial charge on any atom is -0.480 e. The molecule has 0 bridgehead atoms. The Morgan fingerprint density at radius 2 is 2.18 bits per heavy atom. The van der Waals surface area contributed by atoms with Gasteiger partial charge in [-0.05, 0) is 85.4 Å². The Hall–Kier alpha value is -2.75. The van der Waals surface area contributed by atoms with Gasteiger partial charge in [0, 0.05) is 0 Å². The second-order valence-corrected chi connectivity index (χ2v) is 7.25. The van der Waals surface area contributed by atoms with Gasteiger partial charge in [-0.15, -0.1) is 0 Å². The van der Waals surface area contributed by atoms with E-state index in [1.165, 1.54) is 6.07 Å². The quantitative estimate of drug-likeness (QED) is 0.782. The molecular weight excluding hydrogens is 359 g/mol. The average Bonchev–Trinajstić information content (AvgIpc) is 3.04. The van der Waals surface area contributed by atoms with Gasteiger partial charge < -0.3 is 9.84 Å². The van der Waals surface area contributed by atoms with Gasteiger partial charge in [-0.3, -0.25) is 9.69 Å². The van der Waals surface area contributed by atoms with Crippen molar-refractivity contribution in [1.82, 2.24) is 4.90 Å². The maximum atomic E-state index is 13.6. The van der Waals surface area contributed by atoms with E-state index >= 15 is 0 Å². The number of aryl methyl sites for hydroxylation is 1. The van der Waals surface area contributed by atoms with E-state index in [-0.39, 0.29) is 18.5 Å². The number of aliphatic carboxylic acids is 1. The van der Waals surface area contributed by atoms with Crippen molar-refractivity contribution in [2.75, 3.05) is 20.1 Å². The highest BCUT2D eigenvalue weighted by Gasteiger charge is 2.25. The maximum absolute atomic E-state index is 13.6. The van der Waals surface area contributed by atoms with E-state index in [1.807, 2.05) is 12.1 Å². The highest BCUT2D eigenvalue weighted by atomic mass is 19.1. The third kappa shape index (κ3) is 4.38. The van der Waals surface area contributed by atoms with E-state index in [0.717, 1.165) is 35.1 Å². The second-order valence-electron chi connectivity index (χ2n) is 7.25. The van der Waals surface area contributed by atoms with Gasteiger partial charge in [-0.25, -0.2) is 4.39 Å². The molecule has 0 saturated heterocycles. The van der Waals surface area contributed by atoms with Gasteiger partial charge in [0.25, 0.3) is 0 Å². The van der Waals surface area contributed by atoms with Crippen molar-refractivity contribution in [1.29, 1.82) is 5.26 Å². The van der Waals surface area contributed by atoms with Crippen LogP contribution in [0.2, 0.25) is 0 Å². The lowest BCUT2D eigenvalue weighted by Crippen LogP contribution is -2.26.